The van der Waals surface area contributed by atoms with Crippen molar-refractivity contribution in [3.8, 4) is 11.5 Å². The van der Waals surface area contributed by atoms with Gasteiger partial charge in [-0.3, -0.25) is 19.3 Å². The van der Waals surface area contributed by atoms with Crippen LogP contribution in [0.3, 0.4) is 0 Å². The van der Waals surface area contributed by atoms with E-state index in [1.165, 1.54) is 12.0 Å². The Morgan fingerprint density at radius 1 is 1.05 bits per heavy atom. The lowest BCUT2D eigenvalue weighted by Gasteiger charge is -2.15. The number of halogens is 1. The number of para-hydroxylation sites is 1. The largest absolute Gasteiger partial charge is 0.493 e. The van der Waals surface area contributed by atoms with E-state index >= 15 is 0 Å². The molecule has 1 fully saturated rings. The minimum Gasteiger partial charge on any atom is -0.493 e. The van der Waals surface area contributed by atoms with Crippen LogP contribution in [0.25, 0.3) is 6.08 Å². The van der Waals surface area contributed by atoms with E-state index in [-0.39, 0.29) is 36.1 Å². The molecule has 0 atom stereocenters. The molecule has 7 nitrogen and oxygen atoms in total. The van der Waals surface area contributed by atoms with Crippen molar-refractivity contribution in [1.29, 1.82) is 0 Å². The molecule has 3 amide bonds. The van der Waals surface area contributed by atoms with Gasteiger partial charge < -0.3 is 14.8 Å². The SMILES string of the molecule is COc1cc(/C=C2\SC(=O)N(Cc3ccc(I)cc3)C2=O)ccc1OCC(=O)Nc1ccccc1C(C)C. The van der Waals surface area contributed by atoms with Gasteiger partial charge in [0.25, 0.3) is 17.1 Å². The molecule has 1 aliphatic heterocycles. The molecule has 0 bridgehead atoms. The van der Waals surface area contributed by atoms with Crippen molar-refractivity contribution in [3.63, 3.8) is 0 Å². The molecule has 1 saturated heterocycles. The molecule has 0 spiro atoms. The van der Waals surface area contributed by atoms with Gasteiger partial charge in [-0.05, 0) is 93.4 Å². The fourth-order valence-electron chi connectivity index (χ4n) is 3.90. The number of rotatable bonds is 9. The molecular formula is C29H27IN2O5S. The van der Waals surface area contributed by atoms with Crippen LogP contribution in [0.2, 0.25) is 0 Å². The number of thioether (sulfide) groups is 1. The van der Waals surface area contributed by atoms with Gasteiger partial charge in [-0.2, -0.15) is 0 Å². The summed E-state index contributed by atoms with van der Waals surface area (Å²) in [5, 5.41) is 2.59. The quantitative estimate of drug-likeness (QED) is 0.207. The summed E-state index contributed by atoms with van der Waals surface area (Å²) in [5.74, 6) is 0.446. The molecule has 0 aliphatic carbocycles. The minimum atomic E-state index is -0.337. The Kier molecular flexibility index (Phi) is 9.11. The Balaban J connectivity index is 1.42. The number of ether oxygens (including phenoxy) is 2. The first-order valence-corrected chi connectivity index (χ1v) is 13.8. The zero-order valence-corrected chi connectivity index (χ0v) is 24.2. The molecule has 9 heteroatoms. The van der Waals surface area contributed by atoms with Gasteiger partial charge in [-0.25, -0.2) is 0 Å². The lowest BCUT2D eigenvalue weighted by Crippen LogP contribution is -2.27. The second kappa shape index (κ2) is 12.5. The summed E-state index contributed by atoms with van der Waals surface area (Å²) in [6, 6.07) is 20.5. The first kappa shape index (κ1) is 27.7. The molecule has 1 N–H and O–H groups in total. The maximum Gasteiger partial charge on any atom is 0.293 e. The Bertz CT molecular complexity index is 1390. The molecule has 4 rings (SSSR count). The van der Waals surface area contributed by atoms with E-state index < -0.39 is 0 Å². The van der Waals surface area contributed by atoms with Crippen LogP contribution in [0.4, 0.5) is 10.5 Å². The third-order valence-electron chi connectivity index (χ3n) is 5.83. The second-order valence-corrected chi connectivity index (χ2v) is 11.1. The normalized spacial score (nSPS) is 14.3. The third-order valence-corrected chi connectivity index (χ3v) is 7.46. The number of nitrogens with one attached hydrogen (secondary N) is 1. The summed E-state index contributed by atoms with van der Waals surface area (Å²) >= 11 is 3.12. The lowest BCUT2D eigenvalue weighted by atomic mass is 10.0. The zero-order valence-electron chi connectivity index (χ0n) is 21.2. The molecule has 0 radical (unpaired) electrons. The highest BCUT2D eigenvalue weighted by atomic mass is 127. The number of carbonyl (C=O) groups is 3. The maximum atomic E-state index is 12.9. The van der Waals surface area contributed by atoms with Crippen LogP contribution in [0.1, 0.15) is 36.5 Å². The Morgan fingerprint density at radius 2 is 1.79 bits per heavy atom. The van der Waals surface area contributed by atoms with E-state index in [1.54, 1.807) is 24.3 Å². The van der Waals surface area contributed by atoms with E-state index in [9.17, 15) is 14.4 Å². The summed E-state index contributed by atoms with van der Waals surface area (Å²) in [6.45, 7) is 4.16. The smallest absolute Gasteiger partial charge is 0.293 e. The average molecular weight is 643 g/mol. The van der Waals surface area contributed by atoms with Gasteiger partial charge in [-0.1, -0.05) is 50.2 Å². The van der Waals surface area contributed by atoms with Crippen molar-refractivity contribution in [1.82, 2.24) is 4.90 Å². The molecule has 0 unspecified atom stereocenters. The first-order valence-electron chi connectivity index (χ1n) is 11.9. The highest BCUT2D eigenvalue weighted by Gasteiger charge is 2.35. The molecule has 196 valence electrons. The molecule has 38 heavy (non-hydrogen) atoms. The molecule has 3 aromatic carbocycles. The van der Waals surface area contributed by atoms with Crippen LogP contribution in [0, 0.1) is 3.57 Å². The van der Waals surface area contributed by atoms with Crippen molar-refractivity contribution >= 4 is 63.2 Å². The van der Waals surface area contributed by atoms with Crippen LogP contribution >= 0.6 is 34.4 Å². The van der Waals surface area contributed by atoms with Crippen molar-refractivity contribution in [2.75, 3.05) is 19.0 Å². The minimum absolute atomic E-state index is 0.195. The monoisotopic (exact) mass is 642 g/mol. The van der Waals surface area contributed by atoms with Crippen LogP contribution in [0.5, 0.6) is 11.5 Å². The van der Waals surface area contributed by atoms with Crippen LogP contribution in [-0.4, -0.2) is 35.7 Å². The van der Waals surface area contributed by atoms with Crippen molar-refractivity contribution in [3.05, 3.63) is 91.9 Å². The number of nitrogens with zero attached hydrogens (tertiary/aromatic N) is 1. The van der Waals surface area contributed by atoms with Crippen molar-refractivity contribution in [2.45, 2.75) is 26.3 Å². The summed E-state index contributed by atoms with van der Waals surface area (Å²) in [5.41, 5.74) is 3.36. The number of benzene rings is 3. The highest BCUT2D eigenvalue weighted by molar-refractivity contribution is 14.1. The lowest BCUT2D eigenvalue weighted by molar-refractivity contribution is -0.123. The van der Waals surface area contributed by atoms with Crippen LogP contribution in [-0.2, 0) is 16.1 Å². The summed E-state index contributed by atoms with van der Waals surface area (Å²) in [6.07, 6.45) is 1.65. The van der Waals surface area contributed by atoms with Gasteiger partial charge in [0.15, 0.2) is 18.1 Å². The predicted molar refractivity (Wildman–Crippen MR) is 158 cm³/mol. The van der Waals surface area contributed by atoms with E-state index in [0.717, 1.165) is 32.1 Å². The molecule has 3 aromatic rings. The number of hydrogen-bond donors (Lipinski definition) is 1. The van der Waals surface area contributed by atoms with E-state index in [4.69, 9.17) is 9.47 Å². The van der Waals surface area contributed by atoms with Crippen molar-refractivity contribution < 1.29 is 23.9 Å². The molecule has 0 saturated carbocycles. The fourth-order valence-corrected chi connectivity index (χ4v) is 5.10. The number of hydrogen-bond acceptors (Lipinski definition) is 6. The predicted octanol–water partition coefficient (Wildman–Crippen LogP) is 6.68. The maximum absolute atomic E-state index is 12.9. The topological polar surface area (TPSA) is 84.9 Å². The second-order valence-electron chi connectivity index (χ2n) is 8.88. The third kappa shape index (κ3) is 6.76. The highest BCUT2D eigenvalue weighted by Crippen LogP contribution is 2.35. The summed E-state index contributed by atoms with van der Waals surface area (Å²) < 4.78 is 12.3. The Morgan fingerprint density at radius 3 is 2.50 bits per heavy atom. The number of imide groups is 1. The number of methoxy groups -OCH3 is 1. The number of anilines is 1. The van der Waals surface area contributed by atoms with Gasteiger partial charge in [0, 0.05) is 9.26 Å². The Hall–Kier alpha value is -3.31. The van der Waals surface area contributed by atoms with Gasteiger partial charge in [0.2, 0.25) is 0 Å². The first-order chi connectivity index (χ1) is 18.2. The standard InChI is InChI=1S/C29H27IN2O5S/c1-18(2)22-6-4-5-7-23(22)31-27(33)17-37-24-13-10-20(14-25(24)36-3)15-26-28(34)32(29(35)38-26)16-19-8-11-21(30)12-9-19/h4-15,18H,16-17H2,1-3H3,(H,31,33)/b26-15-. The molecule has 0 aromatic heterocycles. The average Bonchev–Trinajstić information content (AvgIpc) is 3.16. The van der Waals surface area contributed by atoms with Crippen molar-refractivity contribution in [2.24, 2.45) is 0 Å². The van der Waals surface area contributed by atoms with Gasteiger partial charge >= 0.3 is 0 Å². The molecule has 1 heterocycles. The van der Waals surface area contributed by atoms with Crippen LogP contribution in [0.15, 0.2) is 71.6 Å². The molecule has 1 aliphatic rings. The van der Waals surface area contributed by atoms with Gasteiger partial charge in [0.05, 0.1) is 18.6 Å². The van der Waals surface area contributed by atoms with E-state index in [2.05, 4.69) is 41.8 Å². The zero-order chi connectivity index (χ0) is 27.2. The molecular weight excluding hydrogens is 615 g/mol. The van der Waals surface area contributed by atoms with Crippen LogP contribution < -0.4 is 14.8 Å². The van der Waals surface area contributed by atoms with Gasteiger partial charge in [-0.15, -0.1) is 0 Å². The summed E-state index contributed by atoms with van der Waals surface area (Å²) in [4.78, 5) is 39.5. The van der Waals surface area contributed by atoms with E-state index in [0.29, 0.717) is 22.0 Å². The van der Waals surface area contributed by atoms with Gasteiger partial charge in [0.1, 0.15) is 0 Å². The number of amides is 3. The fraction of sp³-hybridized carbons (Fsp3) is 0.207. The number of carbonyl (C=O) groups excluding carboxylic acids is 3. The van der Waals surface area contributed by atoms with E-state index in [1.807, 2.05) is 48.5 Å². The summed E-state index contributed by atoms with van der Waals surface area (Å²) in [7, 11) is 1.50. The Labute approximate surface area is 239 Å².